The number of hydrogen-bond acceptors (Lipinski definition) is 3. The Morgan fingerprint density at radius 2 is 1.23 bits per heavy atom. The minimum Gasteiger partial charge on any atom is -0.494 e. The number of thiocarbonyl (C=S) groups is 1. The molecule has 0 bridgehead atoms. The van der Waals surface area contributed by atoms with Gasteiger partial charge >= 0.3 is 0 Å². The Morgan fingerprint density at radius 3 is 1.81 bits per heavy atom. The lowest BCUT2D eigenvalue weighted by molar-refractivity contribution is 0.340. The molecule has 0 aliphatic rings. The average Bonchev–Trinajstić information content (AvgIpc) is 2.66. The lowest BCUT2D eigenvalue weighted by Gasteiger charge is -2.12. The third-order valence-electron chi connectivity index (χ3n) is 3.63. The molecule has 0 amide bonds. The molecule has 132 valence electrons. The van der Waals surface area contributed by atoms with Crippen molar-refractivity contribution in [2.45, 2.75) is 6.92 Å². The first-order valence-electron chi connectivity index (χ1n) is 8.46. The van der Waals surface area contributed by atoms with Gasteiger partial charge in [0.25, 0.3) is 0 Å². The standard InChI is InChI=1S/C21H21N3OS/c1-2-25-20-14-12-19(13-15-20)24-21(26)23-18-10-8-17(9-11-18)22-16-6-4-3-5-7-16/h3-15,22H,2H2,1H3,(H2,23,24,26). The lowest BCUT2D eigenvalue weighted by Crippen LogP contribution is -2.18. The fourth-order valence-electron chi connectivity index (χ4n) is 2.42. The van der Waals surface area contributed by atoms with Crippen LogP contribution in [0.2, 0.25) is 0 Å². The van der Waals surface area contributed by atoms with Crippen molar-refractivity contribution in [2.75, 3.05) is 22.6 Å². The van der Waals surface area contributed by atoms with E-state index >= 15 is 0 Å². The van der Waals surface area contributed by atoms with Crippen LogP contribution in [0.1, 0.15) is 6.92 Å². The zero-order valence-corrected chi connectivity index (χ0v) is 15.3. The fraction of sp³-hybridized carbons (Fsp3) is 0.0952. The van der Waals surface area contributed by atoms with Crippen LogP contribution < -0.4 is 20.7 Å². The van der Waals surface area contributed by atoms with E-state index in [-0.39, 0.29) is 0 Å². The molecule has 0 unspecified atom stereocenters. The van der Waals surface area contributed by atoms with Crippen molar-refractivity contribution < 1.29 is 4.74 Å². The Bertz CT molecular complexity index is 833. The SMILES string of the molecule is CCOc1ccc(NC(=S)Nc2ccc(Nc3ccccc3)cc2)cc1. The molecule has 3 aromatic rings. The van der Waals surface area contributed by atoms with E-state index < -0.39 is 0 Å². The van der Waals surface area contributed by atoms with E-state index in [1.54, 1.807) is 0 Å². The van der Waals surface area contributed by atoms with Crippen molar-refractivity contribution in [3.8, 4) is 5.75 Å². The zero-order chi connectivity index (χ0) is 18.2. The highest BCUT2D eigenvalue weighted by Crippen LogP contribution is 2.19. The zero-order valence-electron chi connectivity index (χ0n) is 14.5. The maximum atomic E-state index is 5.43. The van der Waals surface area contributed by atoms with Gasteiger partial charge in [0.1, 0.15) is 5.75 Å². The molecule has 0 spiro atoms. The molecular weight excluding hydrogens is 342 g/mol. The van der Waals surface area contributed by atoms with Crippen LogP contribution in [0.25, 0.3) is 0 Å². The number of nitrogens with one attached hydrogen (secondary N) is 3. The third-order valence-corrected chi connectivity index (χ3v) is 3.83. The van der Waals surface area contributed by atoms with E-state index in [1.165, 1.54) is 0 Å². The number of para-hydroxylation sites is 1. The minimum atomic E-state index is 0.540. The first-order valence-corrected chi connectivity index (χ1v) is 8.87. The summed E-state index contributed by atoms with van der Waals surface area (Å²) in [5, 5.41) is 10.2. The second-order valence-electron chi connectivity index (χ2n) is 5.60. The summed E-state index contributed by atoms with van der Waals surface area (Å²) in [7, 11) is 0. The predicted octanol–water partition coefficient (Wildman–Crippen LogP) is 5.64. The van der Waals surface area contributed by atoms with Gasteiger partial charge in [0, 0.05) is 22.7 Å². The molecule has 0 radical (unpaired) electrons. The van der Waals surface area contributed by atoms with E-state index in [0.717, 1.165) is 28.5 Å². The Hall–Kier alpha value is -3.05. The molecular formula is C21H21N3OS. The average molecular weight is 363 g/mol. The second-order valence-corrected chi connectivity index (χ2v) is 6.01. The molecule has 3 aromatic carbocycles. The van der Waals surface area contributed by atoms with Crippen LogP contribution in [0.4, 0.5) is 22.7 Å². The molecule has 4 nitrogen and oxygen atoms in total. The molecule has 0 heterocycles. The van der Waals surface area contributed by atoms with Gasteiger partial charge in [-0.1, -0.05) is 18.2 Å². The molecule has 3 rings (SSSR count). The van der Waals surface area contributed by atoms with Crippen molar-refractivity contribution in [2.24, 2.45) is 0 Å². The number of anilines is 4. The largest absolute Gasteiger partial charge is 0.494 e. The van der Waals surface area contributed by atoms with Gasteiger partial charge in [0.2, 0.25) is 0 Å². The third kappa shape index (κ3) is 5.22. The van der Waals surface area contributed by atoms with Crippen molar-refractivity contribution in [3.05, 3.63) is 78.9 Å². The van der Waals surface area contributed by atoms with Gasteiger partial charge in [-0.05, 0) is 79.8 Å². The van der Waals surface area contributed by atoms with Crippen molar-refractivity contribution in [3.63, 3.8) is 0 Å². The molecule has 0 saturated heterocycles. The summed E-state index contributed by atoms with van der Waals surface area (Å²) in [6, 6.07) is 25.8. The van der Waals surface area contributed by atoms with Crippen LogP contribution in [-0.2, 0) is 0 Å². The van der Waals surface area contributed by atoms with Crippen molar-refractivity contribution >= 4 is 40.1 Å². The Labute approximate surface area is 159 Å². The first kappa shape index (κ1) is 17.8. The molecule has 0 aliphatic carbocycles. The van der Waals surface area contributed by atoms with Crippen LogP contribution in [-0.4, -0.2) is 11.7 Å². The monoisotopic (exact) mass is 363 g/mol. The number of hydrogen-bond donors (Lipinski definition) is 3. The summed E-state index contributed by atoms with van der Waals surface area (Å²) in [6.07, 6.45) is 0. The van der Waals surface area contributed by atoms with Gasteiger partial charge in [-0.25, -0.2) is 0 Å². The molecule has 0 fully saturated rings. The molecule has 0 atom stereocenters. The molecule has 26 heavy (non-hydrogen) atoms. The van der Waals surface area contributed by atoms with Crippen LogP contribution in [0.3, 0.4) is 0 Å². The fourth-order valence-corrected chi connectivity index (χ4v) is 2.66. The van der Waals surface area contributed by atoms with Gasteiger partial charge in [-0.15, -0.1) is 0 Å². The van der Waals surface area contributed by atoms with Gasteiger partial charge in [0.05, 0.1) is 6.61 Å². The maximum Gasteiger partial charge on any atom is 0.175 e. The molecule has 0 aliphatic heterocycles. The van der Waals surface area contributed by atoms with Gasteiger partial charge < -0.3 is 20.7 Å². The van der Waals surface area contributed by atoms with Gasteiger partial charge in [-0.2, -0.15) is 0 Å². The van der Waals surface area contributed by atoms with Crippen LogP contribution >= 0.6 is 12.2 Å². The van der Waals surface area contributed by atoms with Crippen molar-refractivity contribution in [1.29, 1.82) is 0 Å². The van der Waals surface area contributed by atoms with Gasteiger partial charge in [-0.3, -0.25) is 0 Å². The second kappa shape index (κ2) is 8.87. The smallest absolute Gasteiger partial charge is 0.175 e. The topological polar surface area (TPSA) is 45.3 Å². The Balaban J connectivity index is 1.54. The lowest BCUT2D eigenvalue weighted by atomic mass is 10.2. The highest BCUT2D eigenvalue weighted by atomic mass is 32.1. The summed E-state index contributed by atoms with van der Waals surface area (Å²) in [5.74, 6) is 0.846. The van der Waals surface area contributed by atoms with Crippen LogP contribution in [0.5, 0.6) is 5.75 Å². The number of benzene rings is 3. The van der Waals surface area contributed by atoms with E-state index in [1.807, 2.05) is 85.8 Å². The van der Waals surface area contributed by atoms with E-state index in [9.17, 15) is 0 Å². The Kier molecular flexibility index (Phi) is 6.06. The summed E-state index contributed by atoms with van der Waals surface area (Å²) in [4.78, 5) is 0. The molecule has 5 heteroatoms. The van der Waals surface area contributed by atoms with E-state index in [4.69, 9.17) is 17.0 Å². The maximum absolute atomic E-state index is 5.43. The first-order chi connectivity index (χ1) is 12.7. The summed E-state index contributed by atoms with van der Waals surface area (Å²) >= 11 is 5.37. The minimum absolute atomic E-state index is 0.540. The molecule has 0 aromatic heterocycles. The molecule has 0 saturated carbocycles. The number of rotatable bonds is 6. The van der Waals surface area contributed by atoms with E-state index in [0.29, 0.717) is 11.7 Å². The normalized spacial score (nSPS) is 10.0. The molecule has 3 N–H and O–H groups in total. The van der Waals surface area contributed by atoms with Gasteiger partial charge in [0.15, 0.2) is 5.11 Å². The summed E-state index contributed by atoms with van der Waals surface area (Å²) in [5.41, 5.74) is 3.91. The summed E-state index contributed by atoms with van der Waals surface area (Å²) < 4.78 is 5.43. The van der Waals surface area contributed by atoms with Crippen molar-refractivity contribution in [1.82, 2.24) is 0 Å². The predicted molar refractivity (Wildman–Crippen MR) is 114 cm³/mol. The van der Waals surface area contributed by atoms with E-state index in [2.05, 4.69) is 16.0 Å². The van der Waals surface area contributed by atoms with Crippen LogP contribution in [0, 0.1) is 0 Å². The quantitative estimate of drug-likeness (QED) is 0.495. The highest BCUT2D eigenvalue weighted by molar-refractivity contribution is 7.80. The Morgan fingerprint density at radius 1 is 0.731 bits per heavy atom. The summed E-state index contributed by atoms with van der Waals surface area (Å²) in [6.45, 7) is 2.62. The number of ether oxygens (including phenoxy) is 1. The van der Waals surface area contributed by atoms with Crippen LogP contribution in [0.15, 0.2) is 78.9 Å². The highest BCUT2D eigenvalue weighted by Gasteiger charge is 2.01.